The average molecular weight is 309 g/mol. The minimum Gasteiger partial charge on any atom is -0.378 e. The molecule has 2 amide bonds. The lowest BCUT2D eigenvalue weighted by atomic mass is 10.0. The maximum absolute atomic E-state index is 12.0. The zero-order valence-electron chi connectivity index (χ0n) is 13.9. The largest absolute Gasteiger partial charge is 0.378 e. The molecule has 126 valence electrons. The van der Waals surface area contributed by atoms with Crippen molar-refractivity contribution in [3.63, 3.8) is 0 Å². The smallest absolute Gasteiger partial charge is 0.315 e. The average Bonchev–Trinajstić information content (AvgIpc) is 3.29. The van der Waals surface area contributed by atoms with Crippen molar-refractivity contribution < 1.29 is 9.53 Å². The van der Waals surface area contributed by atoms with E-state index in [0.717, 1.165) is 45.0 Å². The predicted molar refractivity (Wildman–Crippen MR) is 87.0 cm³/mol. The van der Waals surface area contributed by atoms with E-state index in [2.05, 4.69) is 22.5 Å². The summed E-state index contributed by atoms with van der Waals surface area (Å²) < 4.78 is 5.71. The highest BCUT2D eigenvalue weighted by atomic mass is 16.5. The highest BCUT2D eigenvalue weighted by Crippen LogP contribution is 2.33. The van der Waals surface area contributed by atoms with E-state index in [-0.39, 0.29) is 6.03 Å². The van der Waals surface area contributed by atoms with Gasteiger partial charge in [-0.1, -0.05) is 0 Å². The number of likely N-dealkylation sites (tertiary alicyclic amines) is 1. The Morgan fingerprint density at radius 1 is 1.27 bits per heavy atom. The van der Waals surface area contributed by atoms with Crippen molar-refractivity contribution in [1.82, 2.24) is 15.5 Å². The Labute approximate surface area is 134 Å². The number of amides is 2. The lowest BCUT2D eigenvalue weighted by Crippen LogP contribution is -2.43. The Kier molecular flexibility index (Phi) is 5.58. The van der Waals surface area contributed by atoms with Gasteiger partial charge in [0.1, 0.15) is 0 Å². The van der Waals surface area contributed by atoms with Crippen LogP contribution in [-0.4, -0.2) is 54.9 Å². The molecule has 2 aliphatic heterocycles. The second-order valence-electron chi connectivity index (χ2n) is 7.24. The van der Waals surface area contributed by atoms with E-state index in [1.807, 2.05) is 0 Å². The lowest BCUT2D eigenvalue weighted by Gasteiger charge is -2.22. The Balaban J connectivity index is 1.26. The van der Waals surface area contributed by atoms with Crippen molar-refractivity contribution >= 4 is 6.03 Å². The van der Waals surface area contributed by atoms with Gasteiger partial charge in [0, 0.05) is 37.8 Å². The van der Waals surface area contributed by atoms with Crippen LogP contribution < -0.4 is 10.6 Å². The second kappa shape index (κ2) is 7.64. The number of rotatable bonds is 6. The Morgan fingerprint density at radius 2 is 2.14 bits per heavy atom. The molecule has 0 aromatic heterocycles. The molecule has 3 atom stereocenters. The van der Waals surface area contributed by atoms with Gasteiger partial charge < -0.3 is 15.4 Å². The first kappa shape index (κ1) is 16.1. The van der Waals surface area contributed by atoms with Gasteiger partial charge in [-0.2, -0.15) is 0 Å². The topological polar surface area (TPSA) is 53.6 Å². The summed E-state index contributed by atoms with van der Waals surface area (Å²) in [5.74, 6) is 0. The number of nitrogens with zero attached hydrogens (tertiary/aromatic N) is 1. The van der Waals surface area contributed by atoms with E-state index in [9.17, 15) is 4.79 Å². The Morgan fingerprint density at radius 3 is 2.86 bits per heavy atom. The van der Waals surface area contributed by atoms with E-state index in [1.165, 1.54) is 32.1 Å². The summed E-state index contributed by atoms with van der Waals surface area (Å²) in [7, 11) is 0. The summed E-state index contributed by atoms with van der Waals surface area (Å²) in [4.78, 5) is 14.5. The number of hydrogen-bond acceptors (Lipinski definition) is 3. The van der Waals surface area contributed by atoms with Crippen LogP contribution in [-0.2, 0) is 4.74 Å². The highest BCUT2D eigenvalue weighted by molar-refractivity contribution is 5.74. The van der Waals surface area contributed by atoms with Crippen molar-refractivity contribution in [1.29, 1.82) is 0 Å². The van der Waals surface area contributed by atoms with Crippen LogP contribution in [0.25, 0.3) is 0 Å². The number of urea groups is 1. The number of ether oxygens (including phenoxy) is 1. The third-order valence-electron chi connectivity index (χ3n) is 5.24. The SMILES string of the molecule is C[C@@H]1C[C@@H](NC(=O)NCCC[C@@H]2CCCCO2)CN1C1CC1. The molecule has 22 heavy (non-hydrogen) atoms. The van der Waals surface area contributed by atoms with Crippen LogP contribution in [0, 0.1) is 0 Å². The number of carbonyl (C=O) groups excluding carboxylic acids is 1. The normalized spacial score (nSPS) is 32.9. The quantitative estimate of drug-likeness (QED) is 0.740. The third kappa shape index (κ3) is 4.59. The number of hydrogen-bond donors (Lipinski definition) is 2. The molecule has 0 radical (unpaired) electrons. The van der Waals surface area contributed by atoms with Crippen LogP contribution in [0.4, 0.5) is 4.79 Å². The maximum Gasteiger partial charge on any atom is 0.315 e. The number of nitrogens with one attached hydrogen (secondary N) is 2. The molecule has 0 aromatic rings. The van der Waals surface area contributed by atoms with E-state index >= 15 is 0 Å². The number of carbonyl (C=O) groups is 1. The van der Waals surface area contributed by atoms with Crippen molar-refractivity contribution in [2.75, 3.05) is 19.7 Å². The van der Waals surface area contributed by atoms with Crippen LogP contribution in [0.5, 0.6) is 0 Å². The molecule has 3 fully saturated rings. The van der Waals surface area contributed by atoms with E-state index < -0.39 is 0 Å². The minimum absolute atomic E-state index is 0.000547. The van der Waals surface area contributed by atoms with Gasteiger partial charge in [-0.05, 0) is 58.3 Å². The van der Waals surface area contributed by atoms with Gasteiger partial charge in [0.05, 0.1) is 6.10 Å². The fourth-order valence-electron chi connectivity index (χ4n) is 3.88. The summed E-state index contributed by atoms with van der Waals surface area (Å²) in [6.07, 6.45) is 9.93. The van der Waals surface area contributed by atoms with Crippen LogP contribution in [0.3, 0.4) is 0 Å². The second-order valence-corrected chi connectivity index (χ2v) is 7.24. The molecule has 0 spiro atoms. The first-order chi connectivity index (χ1) is 10.7. The van der Waals surface area contributed by atoms with Crippen LogP contribution >= 0.6 is 0 Å². The van der Waals surface area contributed by atoms with Crippen LogP contribution in [0.2, 0.25) is 0 Å². The summed E-state index contributed by atoms with van der Waals surface area (Å²) in [6.45, 7) is 4.97. The monoisotopic (exact) mass is 309 g/mol. The molecule has 1 saturated carbocycles. The molecule has 5 nitrogen and oxygen atoms in total. The van der Waals surface area contributed by atoms with Gasteiger partial charge >= 0.3 is 6.03 Å². The molecule has 5 heteroatoms. The minimum atomic E-state index is -0.000547. The first-order valence-electron chi connectivity index (χ1n) is 9.14. The molecule has 2 heterocycles. The van der Waals surface area contributed by atoms with Gasteiger partial charge in [-0.15, -0.1) is 0 Å². The van der Waals surface area contributed by atoms with E-state index in [0.29, 0.717) is 18.2 Å². The Hall–Kier alpha value is -0.810. The lowest BCUT2D eigenvalue weighted by molar-refractivity contribution is 0.0103. The summed E-state index contributed by atoms with van der Waals surface area (Å²) in [5, 5.41) is 6.14. The van der Waals surface area contributed by atoms with Gasteiger partial charge in [0.2, 0.25) is 0 Å². The van der Waals surface area contributed by atoms with E-state index in [4.69, 9.17) is 4.74 Å². The van der Waals surface area contributed by atoms with Crippen LogP contribution in [0.15, 0.2) is 0 Å². The molecule has 2 N–H and O–H groups in total. The maximum atomic E-state index is 12.0. The third-order valence-corrected chi connectivity index (χ3v) is 5.24. The van der Waals surface area contributed by atoms with Gasteiger partial charge in [-0.3, -0.25) is 4.90 Å². The summed E-state index contributed by atoms with van der Waals surface area (Å²) in [6, 6.07) is 1.72. The van der Waals surface area contributed by atoms with Crippen molar-refractivity contribution in [3.05, 3.63) is 0 Å². The van der Waals surface area contributed by atoms with Gasteiger partial charge in [-0.25, -0.2) is 4.79 Å². The molecule has 0 bridgehead atoms. The first-order valence-corrected chi connectivity index (χ1v) is 9.14. The summed E-state index contributed by atoms with van der Waals surface area (Å²) >= 11 is 0. The van der Waals surface area contributed by atoms with Crippen molar-refractivity contribution in [2.45, 2.75) is 82.5 Å². The standard InChI is InChI=1S/C17H31N3O2/c1-13-11-14(12-20(13)15-7-8-15)19-17(21)18-9-4-6-16-5-2-3-10-22-16/h13-16H,2-12H2,1H3,(H2,18,19,21)/t13-,14-,16+/m1/s1. The molecule has 0 unspecified atom stereocenters. The highest BCUT2D eigenvalue weighted by Gasteiger charge is 2.39. The fraction of sp³-hybridized carbons (Fsp3) is 0.941. The zero-order chi connectivity index (χ0) is 15.4. The molecule has 0 aromatic carbocycles. The van der Waals surface area contributed by atoms with Crippen molar-refractivity contribution in [3.8, 4) is 0 Å². The summed E-state index contributed by atoms with van der Waals surface area (Å²) in [5.41, 5.74) is 0. The molecule has 3 aliphatic rings. The Bertz CT molecular complexity index is 367. The fourth-order valence-corrected chi connectivity index (χ4v) is 3.88. The van der Waals surface area contributed by atoms with Gasteiger partial charge in [0.25, 0.3) is 0 Å². The molecule has 2 saturated heterocycles. The van der Waals surface area contributed by atoms with Crippen LogP contribution in [0.1, 0.15) is 58.3 Å². The molecule has 1 aliphatic carbocycles. The van der Waals surface area contributed by atoms with Crippen molar-refractivity contribution in [2.24, 2.45) is 0 Å². The van der Waals surface area contributed by atoms with E-state index in [1.54, 1.807) is 0 Å². The zero-order valence-corrected chi connectivity index (χ0v) is 13.9. The molecule has 3 rings (SSSR count). The van der Waals surface area contributed by atoms with Gasteiger partial charge in [0.15, 0.2) is 0 Å². The molecular formula is C17H31N3O2. The predicted octanol–water partition coefficient (Wildman–Crippen LogP) is 2.26. The molecular weight excluding hydrogens is 278 g/mol.